The van der Waals surface area contributed by atoms with Crippen molar-refractivity contribution < 1.29 is 19.6 Å². The highest BCUT2D eigenvalue weighted by molar-refractivity contribution is 9.10. The lowest BCUT2D eigenvalue weighted by atomic mass is 10.1. The van der Waals surface area contributed by atoms with Crippen LogP contribution in [0.15, 0.2) is 41.1 Å². The number of para-hydroxylation sites is 1. The van der Waals surface area contributed by atoms with Crippen LogP contribution in [0.2, 0.25) is 0 Å². The summed E-state index contributed by atoms with van der Waals surface area (Å²) in [5.41, 5.74) is 0.00359. The summed E-state index contributed by atoms with van der Waals surface area (Å²) in [5, 5.41) is 20.1. The summed E-state index contributed by atoms with van der Waals surface area (Å²) in [7, 11) is 0. The van der Waals surface area contributed by atoms with Gasteiger partial charge in [-0.15, -0.1) is 0 Å². The summed E-state index contributed by atoms with van der Waals surface area (Å²) in [6, 6.07) is 5.47. The van der Waals surface area contributed by atoms with Crippen molar-refractivity contribution in [3.63, 3.8) is 0 Å². The quantitative estimate of drug-likeness (QED) is 0.655. The van der Waals surface area contributed by atoms with E-state index >= 15 is 0 Å². The zero-order valence-corrected chi connectivity index (χ0v) is 12.1. The molecular weight excluding hydrogens is 344 g/mol. The number of pyridine rings is 1. The van der Waals surface area contributed by atoms with Gasteiger partial charge in [0.15, 0.2) is 0 Å². The predicted molar refractivity (Wildman–Crippen MR) is 76.3 cm³/mol. The van der Waals surface area contributed by atoms with Crippen LogP contribution in [0.4, 0.5) is 5.69 Å². The third-order valence-corrected chi connectivity index (χ3v) is 3.00. The molecule has 108 valence electrons. The molecule has 0 unspecified atom stereocenters. The minimum Gasteiger partial charge on any atom is -0.481 e. The van der Waals surface area contributed by atoms with Crippen LogP contribution in [0.3, 0.4) is 0 Å². The van der Waals surface area contributed by atoms with Gasteiger partial charge >= 0.3 is 11.7 Å². The van der Waals surface area contributed by atoms with Crippen LogP contribution in [0, 0.1) is 10.1 Å². The molecule has 0 saturated carbocycles. The number of aromatic nitrogens is 1. The summed E-state index contributed by atoms with van der Waals surface area (Å²) < 4.78 is 6.08. The van der Waals surface area contributed by atoms with E-state index in [4.69, 9.17) is 9.84 Å². The second-order valence-corrected chi connectivity index (χ2v) is 4.93. The molecule has 0 saturated heterocycles. The number of aromatic carboxylic acids is 1. The van der Waals surface area contributed by atoms with E-state index in [0.717, 1.165) is 4.47 Å². The number of ether oxygens (including phenoxy) is 1. The number of hydrogen-bond acceptors (Lipinski definition) is 5. The highest BCUT2D eigenvalue weighted by Gasteiger charge is 2.23. The lowest BCUT2D eigenvalue weighted by molar-refractivity contribution is -0.386. The third kappa shape index (κ3) is 3.54. The number of nitro benzene ring substituents is 1. The maximum Gasteiger partial charge on any atom is 0.339 e. The second kappa shape index (κ2) is 6.31. The van der Waals surface area contributed by atoms with Gasteiger partial charge in [-0.3, -0.25) is 15.1 Å². The van der Waals surface area contributed by atoms with E-state index < -0.39 is 16.6 Å². The molecule has 0 amide bonds. The first-order valence-electron chi connectivity index (χ1n) is 5.72. The number of nitrogens with zero attached hydrogens (tertiary/aromatic N) is 2. The summed E-state index contributed by atoms with van der Waals surface area (Å²) in [4.78, 5) is 25.4. The van der Waals surface area contributed by atoms with Gasteiger partial charge < -0.3 is 9.84 Å². The second-order valence-electron chi connectivity index (χ2n) is 4.02. The molecule has 0 aliphatic heterocycles. The molecule has 8 heteroatoms. The van der Waals surface area contributed by atoms with Gasteiger partial charge in [-0.25, -0.2) is 4.79 Å². The Balaban J connectivity index is 2.33. The van der Waals surface area contributed by atoms with Crippen molar-refractivity contribution in [2.24, 2.45) is 0 Å². The van der Waals surface area contributed by atoms with Crippen molar-refractivity contribution in [2.45, 2.75) is 6.61 Å². The molecule has 0 fully saturated rings. The predicted octanol–water partition coefficient (Wildman–Crippen LogP) is 3.03. The molecule has 1 N–H and O–H groups in total. The molecule has 0 spiro atoms. The highest BCUT2D eigenvalue weighted by Crippen LogP contribution is 2.31. The van der Waals surface area contributed by atoms with E-state index in [2.05, 4.69) is 20.9 Å². The number of nitro groups is 1. The summed E-state index contributed by atoms with van der Waals surface area (Å²) in [6.07, 6.45) is 3.11. The summed E-state index contributed by atoms with van der Waals surface area (Å²) in [5.74, 6) is -1.56. The van der Waals surface area contributed by atoms with E-state index in [1.54, 1.807) is 12.3 Å². The van der Waals surface area contributed by atoms with E-state index in [9.17, 15) is 14.9 Å². The standard InChI is InChI=1S/C13H9BrN2O5/c14-9-4-8(5-15-6-9)7-21-12-10(13(17)18)2-1-3-11(12)16(19)20/h1-6H,7H2,(H,17,18). The highest BCUT2D eigenvalue weighted by atomic mass is 79.9. The monoisotopic (exact) mass is 352 g/mol. The number of carboxylic acids is 1. The molecule has 2 rings (SSSR count). The average Bonchev–Trinajstić information content (AvgIpc) is 2.44. The van der Waals surface area contributed by atoms with Crippen molar-refractivity contribution in [3.05, 3.63) is 62.4 Å². The molecule has 0 atom stereocenters. The van der Waals surface area contributed by atoms with Gasteiger partial charge in [0.2, 0.25) is 5.75 Å². The normalized spacial score (nSPS) is 10.1. The largest absolute Gasteiger partial charge is 0.481 e. The zero-order chi connectivity index (χ0) is 15.4. The van der Waals surface area contributed by atoms with Crippen molar-refractivity contribution in [2.75, 3.05) is 0 Å². The van der Waals surface area contributed by atoms with Crippen LogP contribution in [0.5, 0.6) is 5.75 Å². The van der Waals surface area contributed by atoms with Crippen molar-refractivity contribution in [1.29, 1.82) is 0 Å². The molecule has 0 aliphatic carbocycles. The number of hydrogen-bond donors (Lipinski definition) is 1. The van der Waals surface area contributed by atoms with Crippen molar-refractivity contribution in [3.8, 4) is 5.75 Å². The molecule has 1 heterocycles. The summed E-state index contributed by atoms with van der Waals surface area (Å²) >= 11 is 3.24. The first-order chi connectivity index (χ1) is 9.99. The van der Waals surface area contributed by atoms with Crippen molar-refractivity contribution in [1.82, 2.24) is 4.98 Å². The van der Waals surface area contributed by atoms with E-state index in [-0.39, 0.29) is 17.9 Å². The maximum atomic E-state index is 11.1. The fourth-order valence-corrected chi connectivity index (χ4v) is 2.09. The molecule has 1 aromatic heterocycles. The number of carboxylic acid groups (broad SMARTS) is 1. The third-order valence-electron chi connectivity index (χ3n) is 2.57. The Labute approximate surface area is 127 Å². The van der Waals surface area contributed by atoms with Gasteiger partial charge in [-0.2, -0.15) is 0 Å². The number of carbonyl (C=O) groups is 1. The van der Waals surface area contributed by atoms with Gasteiger partial charge in [0.05, 0.1) is 4.92 Å². The Hall–Kier alpha value is -2.48. The number of rotatable bonds is 5. The minimum absolute atomic E-state index is 0.0302. The Morgan fingerprint density at radius 2 is 2.19 bits per heavy atom. The molecular formula is C13H9BrN2O5. The Morgan fingerprint density at radius 3 is 2.81 bits per heavy atom. The molecule has 1 aromatic carbocycles. The topological polar surface area (TPSA) is 103 Å². The first-order valence-corrected chi connectivity index (χ1v) is 6.51. The Kier molecular flexibility index (Phi) is 4.49. The van der Waals surface area contributed by atoms with Crippen LogP contribution in [0.1, 0.15) is 15.9 Å². The Bertz CT molecular complexity index is 672. The van der Waals surface area contributed by atoms with Crippen LogP contribution in [-0.4, -0.2) is 21.0 Å². The van der Waals surface area contributed by atoms with E-state index in [1.165, 1.54) is 24.4 Å². The lowest BCUT2D eigenvalue weighted by Gasteiger charge is -2.09. The SMILES string of the molecule is O=C(O)c1cccc([N+](=O)[O-])c1OCc1cncc(Br)c1. The number of halogens is 1. The van der Waals surface area contributed by atoms with Crippen LogP contribution in [-0.2, 0) is 6.61 Å². The number of benzene rings is 1. The molecule has 7 nitrogen and oxygen atoms in total. The minimum atomic E-state index is -1.29. The molecule has 0 radical (unpaired) electrons. The smallest absolute Gasteiger partial charge is 0.339 e. The fraction of sp³-hybridized carbons (Fsp3) is 0.0769. The average molecular weight is 353 g/mol. The fourth-order valence-electron chi connectivity index (χ4n) is 1.68. The molecule has 0 bridgehead atoms. The molecule has 0 aliphatic rings. The summed E-state index contributed by atoms with van der Waals surface area (Å²) in [6.45, 7) is -0.0302. The molecule has 2 aromatic rings. The Morgan fingerprint density at radius 1 is 1.43 bits per heavy atom. The first kappa shape index (κ1) is 14.9. The van der Waals surface area contributed by atoms with Gasteiger partial charge in [-0.05, 0) is 28.1 Å². The van der Waals surface area contributed by atoms with Crippen LogP contribution < -0.4 is 4.74 Å². The van der Waals surface area contributed by atoms with Crippen LogP contribution >= 0.6 is 15.9 Å². The zero-order valence-electron chi connectivity index (χ0n) is 10.5. The van der Waals surface area contributed by atoms with Crippen molar-refractivity contribution >= 4 is 27.6 Å². The molecule has 21 heavy (non-hydrogen) atoms. The van der Waals surface area contributed by atoms with Crippen LogP contribution in [0.25, 0.3) is 0 Å². The lowest BCUT2D eigenvalue weighted by Crippen LogP contribution is -2.06. The van der Waals surface area contributed by atoms with Gasteiger partial charge in [0.1, 0.15) is 12.2 Å². The van der Waals surface area contributed by atoms with Gasteiger partial charge in [0.25, 0.3) is 0 Å². The van der Waals surface area contributed by atoms with Gasteiger partial charge in [-0.1, -0.05) is 6.07 Å². The van der Waals surface area contributed by atoms with Gasteiger partial charge in [0, 0.05) is 28.5 Å². The maximum absolute atomic E-state index is 11.1. The van der Waals surface area contributed by atoms with E-state index in [1.807, 2.05) is 0 Å². The van der Waals surface area contributed by atoms with E-state index in [0.29, 0.717) is 5.56 Å².